The molecule has 0 saturated carbocycles. The monoisotopic (exact) mass is 240 g/mol. The molecule has 0 aromatic heterocycles. The van der Waals surface area contributed by atoms with E-state index in [2.05, 4.69) is 44.2 Å². The summed E-state index contributed by atoms with van der Waals surface area (Å²) < 4.78 is 0. The Morgan fingerprint density at radius 1 is 0.941 bits per heavy atom. The summed E-state index contributed by atoms with van der Waals surface area (Å²) in [4.78, 5) is 4.40. The molecule has 0 fully saturated rings. The second-order valence-corrected chi connectivity index (χ2v) is 5.74. The fourth-order valence-electron chi connectivity index (χ4n) is 1.61. The fraction of sp³-hybridized carbons (Fsp3) is 0.933. The lowest BCUT2D eigenvalue weighted by Crippen LogP contribution is -2.20. The van der Waals surface area contributed by atoms with Crippen LogP contribution in [0.25, 0.3) is 0 Å². The summed E-state index contributed by atoms with van der Waals surface area (Å²) in [6.07, 6.45) is 8.57. The minimum atomic E-state index is 0.693. The van der Waals surface area contributed by atoms with Gasteiger partial charge in [0.1, 0.15) is 0 Å². The molecule has 0 rings (SSSR count). The summed E-state index contributed by atoms with van der Waals surface area (Å²) in [5.74, 6) is 1.46. The Labute approximate surface area is 108 Å². The molecule has 102 valence electrons. The molecule has 0 bridgehead atoms. The Bertz CT molecular complexity index is 174. The molecule has 0 aliphatic heterocycles. The number of nitrogens with one attached hydrogen (secondary N) is 1. The summed E-state index contributed by atoms with van der Waals surface area (Å²) >= 11 is 0. The van der Waals surface area contributed by atoms with Crippen molar-refractivity contribution < 1.29 is 0 Å². The number of unbranched alkanes of at least 4 members (excludes halogenated alkanes) is 4. The Hall–Kier alpha value is -0.370. The van der Waals surface area contributed by atoms with E-state index in [1.54, 1.807) is 0 Å². The molecule has 0 saturated heterocycles. The molecule has 0 aliphatic carbocycles. The lowest BCUT2D eigenvalue weighted by atomic mass is 10.1. The van der Waals surface area contributed by atoms with Gasteiger partial charge in [-0.2, -0.15) is 0 Å². The van der Waals surface area contributed by atoms with Crippen molar-refractivity contribution >= 4 is 6.21 Å². The average Bonchev–Trinajstić information content (AvgIpc) is 2.25. The highest BCUT2D eigenvalue weighted by Gasteiger charge is 1.93. The van der Waals surface area contributed by atoms with Crippen LogP contribution in [0.3, 0.4) is 0 Å². The third kappa shape index (κ3) is 15.6. The lowest BCUT2D eigenvalue weighted by Gasteiger charge is -2.06. The van der Waals surface area contributed by atoms with Crippen molar-refractivity contribution in [3.63, 3.8) is 0 Å². The van der Waals surface area contributed by atoms with Crippen molar-refractivity contribution in [2.45, 2.75) is 59.8 Å². The van der Waals surface area contributed by atoms with Crippen molar-refractivity contribution in [1.82, 2.24) is 5.32 Å². The normalized spacial score (nSPS) is 12.1. The summed E-state index contributed by atoms with van der Waals surface area (Å²) in [6.45, 7) is 12.2. The van der Waals surface area contributed by atoms with Gasteiger partial charge < -0.3 is 5.32 Å². The zero-order chi connectivity index (χ0) is 12.9. The molecular weight excluding hydrogens is 208 g/mol. The number of rotatable bonds is 11. The first-order valence-electron chi connectivity index (χ1n) is 7.32. The van der Waals surface area contributed by atoms with E-state index in [1.165, 1.54) is 32.2 Å². The van der Waals surface area contributed by atoms with E-state index < -0.39 is 0 Å². The van der Waals surface area contributed by atoms with E-state index in [0.717, 1.165) is 25.4 Å². The average molecular weight is 240 g/mol. The first-order chi connectivity index (χ1) is 8.13. The fourth-order valence-corrected chi connectivity index (χ4v) is 1.61. The first kappa shape index (κ1) is 16.6. The molecule has 2 heteroatoms. The highest BCUT2D eigenvalue weighted by molar-refractivity contribution is 5.56. The van der Waals surface area contributed by atoms with E-state index in [1.807, 2.05) is 0 Å². The number of nitrogens with zero attached hydrogens (tertiary/aromatic N) is 1. The molecule has 0 atom stereocenters. The van der Waals surface area contributed by atoms with Gasteiger partial charge in [-0.05, 0) is 50.4 Å². The predicted molar refractivity (Wildman–Crippen MR) is 79.0 cm³/mol. The standard InChI is InChI=1S/C15H32N2/c1-14(2)12-16-10-8-6-5-7-9-11-17-13-15(3)4/h10,14-15,17H,5-9,11-13H2,1-4H3. The summed E-state index contributed by atoms with van der Waals surface area (Å²) in [6, 6.07) is 0. The van der Waals surface area contributed by atoms with Crippen LogP contribution in [-0.4, -0.2) is 25.8 Å². The molecule has 0 aliphatic rings. The maximum absolute atomic E-state index is 4.40. The zero-order valence-corrected chi connectivity index (χ0v) is 12.3. The number of aliphatic imine (C=N–C) groups is 1. The van der Waals surface area contributed by atoms with Crippen LogP contribution in [-0.2, 0) is 0 Å². The molecule has 0 aromatic rings. The van der Waals surface area contributed by atoms with Crippen LogP contribution in [0.2, 0.25) is 0 Å². The van der Waals surface area contributed by atoms with Crippen molar-refractivity contribution in [3.8, 4) is 0 Å². The van der Waals surface area contributed by atoms with Gasteiger partial charge >= 0.3 is 0 Å². The third-order valence-corrected chi connectivity index (χ3v) is 2.59. The van der Waals surface area contributed by atoms with Crippen molar-refractivity contribution in [3.05, 3.63) is 0 Å². The van der Waals surface area contributed by atoms with Crippen LogP contribution in [0.4, 0.5) is 0 Å². The summed E-state index contributed by atoms with van der Waals surface area (Å²) in [7, 11) is 0. The molecule has 0 amide bonds. The van der Waals surface area contributed by atoms with E-state index in [-0.39, 0.29) is 0 Å². The smallest absolute Gasteiger partial charge is 0.0408 e. The summed E-state index contributed by atoms with van der Waals surface area (Å²) in [5.41, 5.74) is 0. The minimum Gasteiger partial charge on any atom is -0.316 e. The molecule has 2 nitrogen and oxygen atoms in total. The van der Waals surface area contributed by atoms with Gasteiger partial charge in [-0.1, -0.05) is 40.5 Å². The Kier molecular flexibility index (Phi) is 11.8. The van der Waals surface area contributed by atoms with E-state index in [4.69, 9.17) is 0 Å². The molecule has 0 aromatic carbocycles. The van der Waals surface area contributed by atoms with E-state index in [0.29, 0.717) is 5.92 Å². The predicted octanol–water partition coefficient (Wildman–Crippen LogP) is 3.91. The Balaban J connectivity index is 3.06. The maximum atomic E-state index is 4.40. The first-order valence-corrected chi connectivity index (χ1v) is 7.32. The van der Waals surface area contributed by atoms with Crippen LogP contribution < -0.4 is 5.32 Å². The topological polar surface area (TPSA) is 24.4 Å². The van der Waals surface area contributed by atoms with Gasteiger partial charge in [-0.15, -0.1) is 0 Å². The highest BCUT2D eigenvalue weighted by Crippen LogP contribution is 2.01. The van der Waals surface area contributed by atoms with Crippen molar-refractivity contribution in [2.24, 2.45) is 16.8 Å². The molecule has 0 unspecified atom stereocenters. The quantitative estimate of drug-likeness (QED) is 0.430. The third-order valence-electron chi connectivity index (χ3n) is 2.59. The second kappa shape index (κ2) is 12.1. The minimum absolute atomic E-state index is 0.693. The Morgan fingerprint density at radius 3 is 2.29 bits per heavy atom. The molecule has 0 spiro atoms. The van der Waals surface area contributed by atoms with E-state index >= 15 is 0 Å². The molecular formula is C15H32N2. The van der Waals surface area contributed by atoms with Gasteiger partial charge in [0.25, 0.3) is 0 Å². The van der Waals surface area contributed by atoms with E-state index in [9.17, 15) is 0 Å². The largest absolute Gasteiger partial charge is 0.316 e. The summed E-state index contributed by atoms with van der Waals surface area (Å²) in [5, 5.41) is 3.48. The molecule has 1 N–H and O–H groups in total. The van der Waals surface area contributed by atoms with Gasteiger partial charge in [-0.25, -0.2) is 0 Å². The van der Waals surface area contributed by atoms with Crippen LogP contribution in [0, 0.1) is 11.8 Å². The van der Waals surface area contributed by atoms with Crippen LogP contribution in [0.1, 0.15) is 59.8 Å². The highest BCUT2D eigenvalue weighted by atomic mass is 14.8. The SMILES string of the molecule is CC(C)CN=CCCCCCCNCC(C)C. The van der Waals surface area contributed by atoms with Crippen LogP contribution in [0.5, 0.6) is 0 Å². The van der Waals surface area contributed by atoms with Gasteiger partial charge in [0, 0.05) is 6.54 Å². The van der Waals surface area contributed by atoms with Gasteiger partial charge in [0.2, 0.25) is 0 Å². The van der Waals surface area contributed by atoms with Crippen LogP contribution in [0.15, 0.2) is 4.99 Å². The number of hydrogen-bond donors (Lipinski definition) is 1. The molecule has 0 heterocycles. The van der Waals surface area contributed by atoms with Gasteiger partial charge in [-0.3, -0.25) is 4.99 Å². The number of hydrogen-bond acceptors (Lipinski definition) is 2. The van der Waals surface area contributed by atoms with Crippen molar-refractivity contribution in [1.29, 1.82) is 0 Å². The second-order valence-electron chi connectivity index (χ2n) is 5.74. The van der Waals surface area contributed by atoms with Crippen molar-refractivity contribution in [2.75, 3.05) is 19.6 Å². The van der Waals surface area contributed by atoms with Crippen LogP contribution >= 0.6 is 0 Å². The van der Waals surface area contributed by atoms with Gasteiger partial charge in [0.05, 0.1) is 0 Å². The lowest BCUT2D eigenvalue weighted by molar-refractivity contribution is 0.527. The Morgan fingerprint density at radius 2 is 1.65 bits per heavy atom. The molecule has 0 radical (unpaired) electrons. The maximum Gasteiger partial charge on any atom is 0.0408 e. The zero-order valence-electron chi connectivity index (χ0n) is 12.3. The molecule has 17 heavy (non-hydrogen) atoms. The van der Waals surface area contributed by atoms with Gasteiger partial charge in [0.15, 0.2) is 0 Å².